The Balaban J connectivity index is 1.16. The molecule has 1 aromatic carbocycles. The van der Waals surface area contributed by atoms with Crippen LogP contribution in [-0.2, 0) is 22.3 Å². The molecule has 3 fully saturated rings. The number of amides is 2. The van der Waals surface area contributed by atoms with Gasteiger partial charge in [0.1, 0.15) is 5.75 Å². The quantitative estimate of drug-likeness (QED) is 0.523. The van der Waals surface area contributed by atoms with Crippen molar-refractivity contribution in [2.45, 2.75) is 75.4 Å². The Morgan fingerprint density at radius 1 is 1.11 bits per heavy atom. The summed E-state index contributed by atoms with van der Waals surface area (Å²) >= 11 is 6.00. The number of hydrogen-bond donors (Lipinski definition) is 3. The van der Waals surface area contributed by atoms with Crippen LogP contribution in [0.15, 0.2) is 36.5 Å². The topological polar surface area (TPSA) is 101 Å². The van der Waals surface area contributed by atoms with Gasteiger partial charge in [0.25, 0.3) is 5.91 Å². The maximum absolute atomic E-state index is 13.1. The summed E-state index contributed by atoms with van der Waals surface area (Å²) in [7, 11) is 0. The van der Waals surface area contributed by atoms with Crippen LogP contribution in [-0.4, -0.2) is 33.5 Å². The SMILES string of the molecule is O=C(NC12CCC(C(=O)NCc3ccc(C(F)(F)F)cn3)(CC1)CC2)[C@@H]1C[C@@H](O)c2cc(Cl)ccc2O1. The molecule has 3 aliphatic carbocycles. The Hall–Kier alpha value is -2.85. The van der Waals surface area contributed by atoms with Crippen molar-refractivity contribution in [1.82, 2.24) is 15.6 Å². The molecule has 1 aliphatic heterocycles. The van der Waals surface area contributed by atoms with E-state index in [4.69, 9.17) is 16.3 Å². The second kappa shape index (κ2) is 9.47. The van der Waals surface area contributed by atoms with Gasteiger partial charge in [-0.25, -0.2) is 0 Å². The van der Waals surface area contributed by atoms with Gasteiger partial charge < -0.3 is 20.5 Å². The molecule has 7 nitrogen and oxygen atoms in total. The molecular weight excluding hydrogens is 511 g/mol. The number of aliphatic hydroxyl groups is 1. The number of aliphatic hydroxyl groups excluding tert-OH is 1. The second-order valence-corrected chi connectivity index (χ2v) is 10.7. The summed E-state index contributed by atoms with van der Waals surface area (Å²) in [6.45, 7) is 0.0502. The Bertz CT molecular complexity index is 1180. The van der Waals surface area contributed by atoms with Gasteiger partial charge in [-0.1, -0.05) is 11.6 Å². The number of aromatic nitrogens is 1. The van der Waals surface area contributed by atoms with E-state index in [1.54, 1.807) is 18.2 Å². The number of alkyl halides is 3. The first-order valence-corrected chi connectivity index (χ1v) is 12.6. The van der Waals surface area contributed by atoms with Gasteiger partial charge in [-0.2, -0.15) is 13.2 Å². The van der Waals surface area contributed by atoms with E-state index in [0.717, 1.165) is 12.3 Å². The van der Waals surface area contributed by atoms with Crippen molar-refractivity contribution in [2.75, 3.05) is 0 Å². The lowest BCUT2D eigenvalue weighted by Gasteiger charge is -2.53. The molecule has 0 unspecified atom stereocenters. The van der Waals surface area contributed by atoms with Gasteiger partial charge in [-0.3, -0.25) is 14.6 Å². The number of hydrogen-bond acceptors (Lipinski definition) is 5. The zero-order chi connectivity index (χ0) is 26.4. The highest BCUT2D eigenvalue weighted by molar-refractivity contribution is 6.30. The maximum atomic E-state index is 13.1. The van der Waals surface area contributed by atoms with Crippen LogP contribution in [0.5, 0.6) is 5.75 Å². The number of fused-ring (bicyclic) bond motifs is 4. The highest BCUT2D eigenvalue weighted by atomic mass is 35.5. The van der Waals surface area contributed by atoms with E-state index >= 15 is 0 Å². The van der Waals surface area contributed by atoms with Crippen LogP contribution in [0.25, 0.3) is 0 Å². The molecule has 4 aliphatic rings. The summed E-state index contributed by atoms with van der Waals surface area (Å²) in [5, 5.41) is 17.0. The minimum absolute atomic E-state index is 0.0502. The molecule has 0 radical (unpaired) electrons. The van der Waals surface area contributed by atoms with Crippen molar-refractivity contribution in [3.05, 3.63) is 58.4 Å². The average molecular weight is 538 g/mol. The molecule has 2 bridgehead atoms. The number of benzene rings is 1. The lowest BCUT2D eigenvalue weighted by Crippen LogP contribution is -2.61. The van der Waals surface area contributed by atoms with Crippen LogP contribution in [0.1, 0.15) is 67.9 Å². The minimum Gasteiger partial charge on any atom is -0.480 e. The van der Waals surface area contributed by atoms with E-state index in [0.29, 0.717) is 60.6 Å². The number of nitrogens with zero attached hydrogens (tertiary/aromatic N) is 1. The first kappa shape index (κ1) is 25.8. The molecule has 37 heavy (non-hydrogen) atoms. The number of rotatable bonds is 5. The number of carbonyl (C=O) groups is 2. The highest BCUT2D eigenvalue weighted by Crippen LogP contribution is 2.52. The molecule has 3 saturated carbocycles. The molecule has 6 rings (SSSR count). The minimum atomic E-state index is -4.46. The fourth-order valence-electron chi connectivity index (χ4n) is 5.69. The number of nitrogens with one attached hydrogen (secondary N) is 2. The predicted octanol–water partition coefficient (Wildman–Crippen LogP) is 4.46. The highest BCUT2D eigenvalue weighted by Gasteiger charge is 2.53. The van der Waals surface area contributed by atoms with Gasteiger partial charge in [-0.05, 0) is 68.9 Å². The smallest absolute Gasteiger partial charge is 0.417 e. The molecule has 2 amide bonds. The van der Waals surface area contributed by atoms with Crippen molar-refractivity contribution in [2.24, 2.45) is 5.41 Å². The van der Waals surface area contributed by atoms with Crippen LogP contribution in [0.3, 0.4) is 0 Å². The van der Waals surface area contributed by atoms with Crippen LogP contribution in [0, 0.1) is 5.41 Å². The normalized spacial score (nSPS) is 28.7. The second-order valence-electron chi connectivity index (χ2n) is 10.3. The summed E-state index contributed by atoms with van der Waals surface area (Å²) in [4.78, 5) is 30.0. The molecule has 2 atom stereocenters. The van der Waals surface area contributed by atoms with Crippen molar-refractivity contribution in [1.29, 1.82) is 0 Å². The van der Waals surface area contributed by atoms with Gasteiger partial charge in [0.15, 0.2) is 6.10 Å². The lowest BCUT2D eigenvalue weighted by atomic mass is 9.57. The zero-order valence-electron chi connectivity index (χ0n) is 19.9. The van der Waals surface area contributed by atoms with Crippen LogP contribution < -0.4 is 15.4 Å². The van der Waals surface area contributed by atoms with Crippen molar-refractivity contribution >= 4 is 23.4 Å². The van der Waals surface area contributed by atoms with Gasteiger partial charge in [-0.15, -0.1) is 0 Å². The predicted molar refractivity (Wildman–Crippen MR) is 128 cm³/mol. The third-order valence-corrected chi connectivity index (χ3v) is 8.26. The summed E-state index contributed by atoms with van der Waals surface area (Å²) in [6.07, 6.45) is -1.58. The largest absolute Gasteiger partial charge is 0.480 e. The number of halogens is 4. The molecule has 0 spiro atoms. The zero-order valence-corrected chi connectivity index (χ0v) is 20.7. The molecule has 198 valence electrons. The average Bonchev–Trinajstić information content (AvgIpc) is 2.88. The Morgan fingerprint density at radius 2 is 1.81 bits per heavy atom. The molecule has 1 aromatic heterocycles. The van der Waals surface area contributed by atoms with E-state index < -0.39 is 34.9 Å². The molecule has 2 heterocycles. The van der Waals surface area contributed by atoms with Crippen molar-refractivity contribution < 1.29 is 32.6 Å². The lowest BCUT2D eigenvalue weighted by molar-refractivity contribution is -0.142. The maximum Gasteiger partial charge on any atom is 0.417 e. The monoisotopic (exact) mass is 537 g/mol. The van der Waals surface area contributed by atoms with E-state index in [9.17, 15) is 27.9 Å². The van der Waals surface area contributed by atoms with Gasteiger partial charge >= 0.3 is 6.18 Å². The van der Waals surface area contributed by atoms with Gasteiger partial charge in [0.2, 0.25) is 5.91 Å². The Kier molecular flexibility index (Phi) is 6.60. The first-order chi connectivity index (χ1) is 17.5. The van der Waals surface area contributed by atoms with Crippen molar-refractivity contribution in [3.8, 4) is 5.75 Å². The first-order valence-electron chi connectivity index (χ1n) is 12.3. The summed E-state index contributed by atoms with van der Waals surface area (Å²) < 4.78 is 44.0. The number of pyridine rings is 1. The third kappa shape index (κ3) is 5.13. The third-order valence-electron chi connectivity index (χ3n) is 8.03. The molecule has 0 saturated heterocycles. The summed E-state index contributed by atoms with van der Waals surface area (Å²) in [5.41, 5.74) is -0.908. The number of carbonyl (C=O) groups excluding carboxylic acids is 2. The van der Waals surface area contributed by atoms with Crippen LogP contribution in [0.2, 0.25) is 5.02 Å². The molecule has 2 aromatic rings. The van der Waals surface area contributed by atoms with Gasteiger partial charge in [0.05, 0.1) is 23.9 Å². The van der Waals surface area contributed by atoms with Crippen LogP contribution >= 0.6 is 11.6 Å². The van der Waals surface area contributed by atoms with E-state index in [1.807, 2.05) is 0 Å². The Morgan fingerprint density at radius 3 is 2.43 bits per heavy atom. The van der Waals surface area contributed by atoms with Crippen LogP contribution in [0.4, 0.5) is 13.2 Å². The molecule has 3 N–H and O–H groups in total. The molecular formula is C26H27ClF3N3O4. The van der Waals surface area contributed by atoms with E-state index in [2.05, 4.69) is 15.6 Å². The van der Waals surface area contributed by atoms with Crippen molar-refractivity contribution in [3.63, 3.8) is 0 Å². The van der Waals surface area contributed by atoms with E-state index in [-0.39, 0.29) is 24.8 Å². The number of ether oxygens (including phenoxy) is 1. The van der Waals surface area contributed by atoms with Gasteiger partial charge in [0, 0.05) is 34.2 Å². The fourth-order valence-corrected chi connectivity index (χ4v) is 5.87. The van der Waals surface area contributed by atoms with E-state index in [1.165, 1.54) is 6.07 Å². The summed E-state index contributed by atoms with van der Waals surface area (Å²) in [5.74, 6) is 0.0148. The standard InChI is InChI=1S/C26H27ClF3N3O4/c27-16-2-4-20-18(11-16)19(34)12-21(37-20)22(35)33-25-8-5-24(6-9-25,7-10-25)23(36)32-14-17-3-1-15(13-31-17)26(28,29)30/h1-4,11,13,19,21,34H,5-10,12,14H2,(H,32,36)(H,33,35)/t19-,21+,24?,25?/m1/s1. The summed E-state index contributed by atoms with van der Waals surface area (Å²) in [6, 6.07) is 7.14. The Labute approximate surface area is 216 Å². The molecule has 11 heteroatoms. The fraction of sp³-hybridized carbons (Fsp3) is 0.500.